The molecule has 0 atom stereocenters. The highest BCUT2D eigenvalue weighted by Crippen LogP contribution is 2.20. The second-order valence-corrected chi connectivity index (χ2v) is 7.30. The van der Waals surface area contributed by atoms with E-state index in [0.717, 1.165) is 34.9 Å². The molecule has 0 aliphatic rings. The number of aryl methyl sites for hydroxylation is 1. The fourth-order valence-electron chi connectivity index (χ4n) is 3.43. The molecule has 7 nitrogen and oxygen atoms in total. The summed E-state index contributed by atoms with van der Waals surface area (Å²) in [5, 5.41) is 10.9. The van der Waals surface area contributed by atoms with Crippen molar-refractivity contribution in [3.8, 4) is 0 Å². The van der Waals surface area contributed by atoms with Crippen molar-refractivity contribution in [1.82, 2.24) is 14.5 Å². The summed E-state index contributed by atoms with van der Waals surface area (Å²) >= 11 is 0. The van der Waals surface area contributed by atoms with Gasteiger partial charge in [-0.25, -0.2) is 9.97 Å². The van der Waals surface area contributed by atoms with Gasteiger partial charge in [-0.1, -0.05) is 12.1 Å². The quantitative estimate of drug-likeness (QED) is 0.326. The lowest BCUT2D eigenvalue weighted by molar-refractivity contribution is 0.834. The third-order valence-electron chi connectivity index (χ3n) is 5.14. The number of rotatable bonds is 7. The molecule has 152 valence electrons. The Morgan fingerprint density at radius 2 is 1.93 bits per heavy atom. The van der Waals surface area contributed by atoms with Crippen molar-refractivity contribution >= 4 is 28.4 Å². The molecule has 4 N–H and O–H groups in total. The lowest BCUT2D eigenvalue weighted by atomic mass is 10.2. The zero-order valence-electron chi connectivity index (χ0n) is 17.1. The molecule has 0 unspecified atom stereocenters. The molecule has 4 rings (SSSR count). The number of anilines is 2. The van der Waals surface area contributed by atoms with Gasteiger partial charge in [-0.15, -0.1) is 0 Å². The predicted octanol–water partition coefficient (Wildman–Crippen LogP) is 3.50. The van der Waals surface area contributed by atoms with E-state index in [-0.39, 0.29) is 5.84 Å². The van der Waals surface area contributed by atoms with Gasteiger partial charge in [-0.2, -0.15) is 0 Å². The first-order chi connectivity index (χ1) is 14.5. The number of amidine groups is 1. The van der Waals surface area contributed by atoms with Crippen LogP contribution in [-0.2, 0) is 20.1 Å². The van der Waals surface area contributed by atoms with Crippen molar-refractivity contribution in [2.24, 2.45) is 12.8 Å². The van der Waals surface area contributed by atoms with E-state index in [4.69, 9.17) is 16.1 Å². The normalized spacial score (nSPS) is 10.9. The molecule has 0 fully saturated rings. The SMILES string of the molecule is CN(Cc1ccc2c(c1)nc(CNc1ccc(C(=N)N)cc1)n2C)c1ccccn1. The molecule has 0 aliphatic carbocycles. The van der Waals surface area contributed by atoms with Gasteiger partial charge in [0.15, 0.2) is 0 Å². The lowest BCUT2D eigenvalue weighted by Crippen LogP contribution is -2.17. The van der Waals surface area contributed by atoms with E-state index in [1.165, 1.54) is 5.56 Å². The maximum atomic E-state index is 7.48. The number of pyridine rings is 1. The van der Waals surface area contributed by atoms with Gasteiger partial charge in [-0.3, -0.25) is 5.41 Å². The molecule has 0 aliphatic heterocycles. The van der Waals surface area contributed by atoms with Crippen molar-refractivity contribution in [3.63, 3.8) is 0 Å². The van der Waals surface area contributed by atoms with Crippen molar-refractivity contribution in [2.75, 3.05) is 17.3 Å². The van der Waals surface area contributed by atoms with Crippen LogP contribution in [0.3, 0.4) is 0 Å². The molecule has 30 heavy (non-hydrogen) atoms. The Morgan fingerprint density at radius 3 is 2.63 bits per heavy atom. The summed E-state index contributed by atoms with van der Waals surface area (Å²) in [5.74, 6) is 1.97. The van der Waals surface area contributed by atoms with Crippen LogP contribution in [-0.4, -0.2) is 27.4 Å². The fraction of sp³-hybridized carbons (Fsp3) is 0.174. The van der Waals surface area contributed by atoms with Crippen LogP contribution in [0.25, 0.3) is 11.0 Å². The molecule has 2 aromatic heterocycles. The van der Waals surface area contributed by atoms with Crippen LogP contribution >= 0.6 is 0 Å². The maximum absolute atomic E-state index is 7.48. The van der Waals surface area contributed by atoms with E-state index < -0.39 is 0 Å². The van der Waals surface area contributed by atoms with Crippen LogP contribution < -0.4 is 16.0 Å². The molecule has 0 amide bonds. The zero-order valence-corrected chi connectivity index (χ0v) is 17.1. The summed E-state index contributed by atoms with van der Waals surface area (Å²) in [5.41, 5.74) is 10.5. The monoisotopic (exact) mass is 399 g/mol. The minimum absolute atomic E-state index is 0.0707. The Hall–Kier alpha value is -3.87. The van der Waals surface area contributed by atoms with Gasteiger partial charge in [-0.05, 0) is 54.1 Å². The summed E-state index contributed by atoms with van der Waals surface area (Å²) in [7, 11) is 4.07. The molecular formula is C23H25N7. The van der Waals surface area contributed by atoms with E-state index in [1.807, 2.05) is 56.6 Å². The van der Waals surface area contributed by atoms with Crippen LogP contribution in [0.1, 0.15) is 17.0 Å². The summed E-state index contributed by atoms with van der Waals surface area (Å²) in [6.07, 6.45) is 1.81. The van der Waals surface area contributed by atoms with Gasteiger partial charge in [0.2, 0.25) is 0 Å². The van der Waals surface area contributed by atoms with Gasteiger partial charge < -0.3 is 20.5 Å². The largest absolute Gasteiger partial charge is 0.384 e. The second-order valence-electron chi connectivity index (χ2n) is 7.30. The van der Waals surface area contributed by atoms with Crippen LogP contribution in [0, 0.1) is 5.41 Å². The summed E-state index contributed by atoms with van der Waals surface area (Å²) in [6, 6.07) is 19.8. The smallest absolute Gasteiger partial charge is 0.128 e. The Bertz CT molecular complexity index is 1160. The summed E-state index contributed by atoms with van der Waals surface area (Å²) in [6.45, 7) is 1.37. The summed E-state index contributed by atoms with van der Waals surface area (Å²) in [4.78, 5) is 11.4. The number of aromatic nitrogens is 3. The molecule has 0 spiro atoms. The molecule has 7 heteroatoms. The average Bonchev–Trinajstić information content (AvgIpc) is 3.08. The molecular weight excluding hydrogens is 374 g/mol. The van der Waals surface area contributed by atoms with Crippen LogP contribution in [0.4, 0.5) is 11.5 Å². The van der Waals surface area contributed by atoms with Crippen LogP contribution in [0.2, 0.25) is 0 Å². The highest BCUT2D eigenvalue weighted by molar-refractivity contribution is 5.95. The first kappa shape index (κ1) is 19.4. The Balaban J connectivity index is 1.48. The fourth-order valence-corrected chi connectivity index (χ4v) is 3.43. The zero-order chi connectivity index (χ0) is 21.1. The first-order valence-electron chi connectivity index (χ1n) is 9.76. The average molecular weight is 400 g/mol. The second kappa shape index (κ2) is 8.24. The molecule has 0 saturated carbocycles. The topological polar surface area (TPSA) is 95.9 Å². The standard InChI is InChI=1S/C23H25N7/c1-29(21-5-3-4-12-26-21)15-16-6-11-20-19(13-16)28-22(30(20)2)14-27-18-9-7-17(8-10-18)23(24)25/h3-13,27H,14-15H2,1-2H3,(H3,24,25). The van der Waals surface area contributed by atoms with E-state index in [0.29, 0.717) is 12.1 Å². The number of hydrogen-bond donors (Lipinski definition) is 3. The third kappa shape index (κ3) is 4.10. The number of nitrogens with two attached hydrogens (primary N) is 1. The minimum atomic E-state index is 0.0707. The van der Waals surface area contributed by atoms with E-state index in [2.05, 4.69) is 38.0 Å². The number of benzene rings is 2. The van der Waals surface area contributed by atoms with Crippen LogP contribution in [0.15, 0.2) is 66.9 Å². The molecule has 0 bridgehead atoms. The van der Waals surface area contributed by atoms with Gasteiger partial charge in [0.25, 0.3) is 0 Å². The van der Waals surface area contributed by atoms with Crippen LogP contribution in [0.5, 0.6) is 0 Å². The lowest BCUT2D eigenvalue weighted by Gasteiger charge is -2.17. The van der Waals surface area contributed by atoms with E-state index in [9.17, 15) is 0 Å². The van der Waals surface area contributed by atoms with E-state index in [1.54, 1.807) is 6.20 Å². The van der Waals surface area contributed by atoms with E-state index >= 15 is 0 Å². The molecule has 0 saturated heterocycles. The molecule has 0 radical (unpaired) electrons. The van der Waals surface area contributed by atoms with Gasteiger partial charge in [0, 0.05) is 38.1 Å². The highest BCUT2D eigenvalue weighted by atomic mass is 15.2. The number of nitrogens with one attached hydrogen (secondary N) is 2. The Kier molecular flexibility index (Phi) is 5.34. The maximum Gasteiger partial charge on any atom is 0.128 e. The highest BCUT2D eigenvalue weighted by Gasteiger charge is 2.10. The number of imidazole rings is 1. The third-order valence-corrected chi connectivity index (χ3v) is 5.14. The van der Waals surface area contributed by atoms with Gasteiger partial charge >= 0.3 is 0 Å². The first-order valence-corrected chi connectivity index (χ1v) is 9.76. The van der Waals surface area contributed by atoms with Crippen molar-refractivity contribution < 1.29 is 0 Å². The predicted molar refractivity (Wildman–Crippen MR) is 122 cm³/mol. The van der Waals surface area contributed by atoms with Crippen molar-refractivity contribution in [2.45, 2.75) is 13.1 Å². The molecule has 4 aromatic rings. The number of nitrogens with zero attached hydrogens (tertiary/aromatic N) is 4. The van der Waals surface area contributed by atoms with Gasteiger partial charge in [0.1, 0.15) is 17.5 Å². The Labute approximate surface area is 175 Å². The number of nitrogen functional groups attached to an aromatic ring is 1. The van der Waals surface area contributed by atoms with Crippen molar-refractivity contribution in [1.29, 1.82) is 5.41 Å². The number of fused-ring (bicyclic) bond motifs is 1. The Morgan fingerprint density at radius 1 is 1.13 bits per heavy atom. The van der Waals surface area contributed by atoms with Gasteiger partial charge in [0.05, 0.1) is 17.6 Å². The van der Waals surface area contributed by atoms with Crippen molar-refractivity contribution in [3.05, 3.63) is 83.8 Å². The summed E-state index contributed by atoms with van der Waals surface area (Å²) < 4.78 is 2.11. The number of hydrogen-bond acceptors (Lipinski definition) is 5. The minimum Gasteiger partial charge on any atom is -0.384 e. The molecule has 2 aromatic carbocycles. The molecule has 2 heterocycles.